The van der Waals surface area contributed by atoms with Gasteiger partial charge in [-0.2, -0.15) is 4.31 Å². The van der Waals surface area contributed by atoms with Crippen LogP contribution in [-0.4, -0.2) is 44.9 Å². The number of carbonyl (C=O) groups excluding carboxylic acids is 1. The zero-order valence-corrected chi connectivity index (χ0v) is 14.5. The molecule has 1 N–H and O–H groups in total. The fourth-order valence-corrected chi connectivity index (χ4v) is 2.85. The Morgan fingerprint density at radius 3 is 2.27 bits per heavy atom. The van der Waals surface area contributed by atoms with Crippen molar-refractivity contribution in [3.8, 4) is 5.75 Å². The summed E-state index contributed by atoms with van der Waals surface area (Å²) in [7, 11) is -0.808. The molecule has 0 saturated heterocycles. The second-order valence-corrected chi connectivity index (χ2v) is 7.77. The van der Waals surface area contributed by atoms with Gasteiger partial charge in [-0.15, -0.1) is 0 Å². The summed E-state index contributed by atoms with van der Waals surface area (Å²) in [6.07, 6.45) is 0.758. The molecule has 0 unspecified atom stereocenters. The number of hydrogen-bond acceptors (Lipinski definition) is 4. The Morgan fingerprint density at radius 1 is 1.27 bits per heavy atom. The van der Waals surface area contributed by atoms with E-state index in [1.807, 2.05) is 20.8 Å². The Kier molecular flexibility index (Phi) is 5.96. The maximum absolute atomic E-state index is 12.4. The number of ether oxygens (including phenoxy) is 1. The first kappa shape index (κ1) is 18.4. The van der Waals surface area contributed by atoms with Crippen molar-refractivity contribution >= 4 is 15.9 Å². The number of sulfonamides is 1. The lowest BCUT2D eigenvalue weighted by Crippen LogP contribution is -2.47. The normalized spacial score (nSPS) is 12.3. The third-order valence-corrected chi connectivity index (χ3v) is 5.31. The summed E-state index contributed by atoms with van der Waals surface area (Å²) in [6, 6.07) is 6.05. The molecule has 0 radical (unpaired) electrons. The van der Waals surface area contributed by atoms with Gasteiger partial charge in [0.25, 0.3) is 0 Å². The highest BCUT2D eigenvalue weighted by molar-refractivity contribution is 7.89. The molecule has 0 aliphatic carbocycles. The van der Waals surface area contributed by atoms with E-state index >= 15 is 0 Å². The Morgan fingerprint density at radius 2 is 1.82 bits per heavy atom. The van der Waals surface area contributed by atoms with E-state index in [0.29, 0.717) is 5.75 Å². The third kappa shape index (κ3) is 4.71. The van der Waals surface area contributed by atoms with Crippen molar-refractivity contribution in [1.29, 1.82) is 0 Å². The Bertz CT molecular complexity index is 609. The maximum atomic E-state index is 12.4. The second kappa shape index (κ2) is 7.11. The molecule has 0 heterocycles. The minimum absolute atomic E-state index is 0.123. The molecule has 0 aliphatic rings. The molecule has 0 bridgehead atoms. The smallest absolute Gasteiger partial charge is 0.243 e. The lowest BCUT2D eigenvalue weighted by atomic mass is 10.0. The summed E-state index contributed by atoms with van der Waals surface area (Å²) < 4.78 is 30.9. The van der Waals surface area contributed by atoms with Gasteiger partial charge in [0.15, 0.2) is 0 Å². The largest absolute Gasteiger partial charge is 0.497 e. The van der Waals surface area contributed by atoms with Gasteiger partial charge in [-0.25, -0.2) is 8.42 Å². The molecule has 6 nitrogen and oxygen atoms in total. The number of carbonyl (C=O) groups is 1. The van der Waals surface area contributed by atoms with Crippen LogP contribution in [-0.2, 0) is 14.8 Å². The van der Waals surface area contributed by atoms with Crippen molar-refractivity contribution in [2.75, 3.05) is 20.7 Å². The second-order valence-electron chi connectivity index (χ2n) is 5.72. The molecule has 1 aromatic carbocycles. The van der Waals surface area contributed by atoms with E-state index < -0.39 is 10.0 Å². The summed E-state index contributed by atoms with van der Waals surface area (Å²) in [4.78, 5) is 12.1. The van der Waals surface area contributed by atoms with Crippen molar-refractivity contribution in [3.63, 3.8) is 0 Å². The average Bonchev–Trinajstić information content (AvgIpc) is 2.46. The Balaban J connectivity index is 2.82. The van der Waals surface area contributed by atoms with Crippen LogP contribution in [0.3, 0.4) is 0 Å². The number of nitrogens with one attached hydrogen (secondary N) is 1. The fraction of sp³-hybridized carbons (Fsp3) is 0.533. The summed E-state index contributed by atoms with van der Waals surface area (Å²) >= 11 is 0. The number of amides is 1. The van der Waals surface area contributed by atoms with Crippen LogP contribution in [0.2, 0.25) is 0 Å². The van der Waals surface area contributed by atoms with Crippen LogP contribution in [0.1, 0.15) is 27.2 Å². The predicted octanol–water partition coefficient (Wildman–Crippen LogP) is 1.62. The molecule has 0 spiro atoms. The first-order chi connectivity index (χ1) is 10.1. The van der Waals surface area contributed by atoms with Gasteiger partial charge in [0, 0.05) is 12.6 Å². The van der Waals surface area contributed by atoms with E-state index in [4.69, 9.17) is 4.74 Å². The van der Waals surface area contributed by atoms with Crippen LogP contribution >= 0.6 is 0 Å². The minimum Gasteiger partial charge on any atom is -0.497 e. The monoisotopic (exact) mass is 328 g/mol. The van der Waals surface area contributed by atoms with E-state index in [1.165, 1.54) is 26.3 Å². The van der Waals surface area contributed by atoms with E-state index in [1.54, 1.807) is 12.1 Å². The van der Waals surface area contributed by atoms with Crippen molar-refractivity contribution in [3.05, 3.63) is 24.3 Å². The highest BCUT2D eigenvalue weighted by Crippen LogP contribution is 2.18. The fourth-order valence-electron chi connectivity index (χ4n) is 1.72. The maximum Gasteiger partial charge on any atom is 0.243 e. The molecule has 0 atom stereocenters. The number of benzene rings is 1. The summed E-state index contributed by atoms with van der Waals surface area (Å²) in [5.74, 6) is 0.246. The highest BCUT2D eigenvalue weighted by Gasteiger charge is 2.25. The predicted molar refractivity (Wildman–Crippen MR) is 85.3 cm³/mol. The molecule has 0 aromatic heterocycles. The van der Waals surface area contributed by atoms with Crippen molar-refractivity contribution in [1.82, 2.24) is 9.62 Å². The number of rotatable bonds is 7. The third-order valence-electron chi connectivity index (χ3n) is 3.50. The molecule has 0 aliphatic heterocycles. The van der Waals surface area contributed by atoms with Gasteiger partial charge < -0.3 is 10.1 Å². The summed E-state index contributed by atoms with van der Waals surface area (Å²) in [6.45, 7) is 5.52. The van der Waals surface area contributed by atoms with Crippen LogP contribution in [0.5, 0.6) is 5.75 Å². The quantitative estimate of drug-likeness (QED) is 0.825. The van der Waals surface area contributed by atoms with Crippen LogP contribution < -0.4 is 10.1 Å². The number of methoxy groups -OCH3 is 1. The molecular formula is C15H24N2O4S. The van der Waals surface area contributed by atoms with Gasteiger partial charge in [0.2, 0.25) is 15.9 Å². The van der Waals surface area contributed by atoms with Crippen molar-refractivity contribution in [2.24, 2.45) is 0 Å². The molecule has 1 aromatic rings. The van der Waals surface area contributed by atoms with Crippen molar-refractivity contribution < 1.29 is 17.9 Å². The van der Waals surface area contributed by atoms with Gasteiger partial charge in [-0.05, 0) is 44.5 Å². The molecule has 0 fully saturated rings. The Labute approximate surface area is 132 Å². The minimum atomic E-state index is -3.70. The molecule has 0 saturated carbocycles. The molecule has 124 valence electrons. The van der Waals surface area contributed by atoms with Gasteiger partial charge in [0.05, 0.1) is 18.6 Å². The first-order valence-corrected chi connectivity index (χ1v) is 8.48. The lowest BCUT2D eigenvalue weighted by molar-refractivity contribution is -0.122. The molecular weight excluding hydrogens is 304 g/mol. The van der Waals surface area contributed by atoms with Gasteiger partial charge in [-0.1, -0.05) is 6.92 Å². The zero-order valence-electron chi connectivity index (χ0n) is 13.7. The van der Waals surface area contributed by atoms with Gasteiger partial charge in [-0.3, -0.25) is 4.79 Å². The highest BCUT2D eigenvalue weighted by atomic mass is 32.2. The van der Waals surface area contributed by atoms with Crippen molar-refractivity contribution in [2.45, 2.75) is 37.6 Å². The van der Waals surface area contributed by atoms with Gasteiger partial charge >= 0.3 is 0 Å². The average molecular weight is 328 g/mol. The van der Waals surface area contributed by atoms with E-state index in [0.717, 1.165) is 10.7 Å². The lowest BCUT2D eigenvalue weighted by Gasteiger charge is -2.26. The van der Waals surface area contributed by atoms with Gasteiger partial charge in [0.1, 0.15) is 5.75 Å². The zero-order chi connectivity index (χ0) is 17.0. The summed E-state index contributed by atoms with van der Waals surface area (Å²) in [5, 5.41) is 2.81. The number of hydrogen-bond donors (Lipinski definition) is 1. The topological polar surface area (TPSA) is 75.7 Å². The Hall–Kier alpha value is -1.60. The molecule has 22 heavy (non-hydrogen) atoms. The van der Waals surface area contributed by atoms with Crippen LogP contribution in [0, 0.1) is 0 Å². The molecule has 1 rings (SSSR count). The van der Waals surface area contributed by atoms with Crippen LogP contribution in [0.15, 0.2) is 29.2 Å². The van der Waals surface area contributed by atoms with E-state index in [9.17, 15) is 13.2 Å². The standard InChI is InChI=1S/C15H24N2O4S/c1-6-15(2,3)16-14(18)11-17(4)22(19,20)13-9-7-12(21-5)8-10-13/h7-10H,6,11H2,1-5H3,(H,16,18). The first-order valence-electron chi connectivity index (χ1n) is 7.04. The van der Waals surface area contributed by atoms with E-state index in [2.05, 4.69) is 5.32 Å². The molecule has 1 amide bonds. The van der Waals surface area contributed by atoms with E-state index in [-0.39, 0.29) is 22.9 Å². The van der Waals surface area contributed by atoms with Crippen LogP contribution in [0.4, 0.5) is 0 Å². The number of likely N-dealkylation sites (N-methyl/N-ethyl adjacent to an activating group) is 1. The molecule has 7 heteroatoms. The number of nitrogens with zero attached hydrogens (tertiary/aromatic N) is 1. The van der Waals surface area contributed by atoms with Crippen LogP contribution in [0.25, 0.3) is 0 Å². The summed E-state index contributed by atoms with van der Waals surface area (Å²) in [5.41, 5.74) is -0.359. The SMILES string of the molecule is CCC(C)(C)NC(=O)CN(C)S(=O)(=O)c1ccc(OC)cc1.